The van der Waals surface area contributed by atoms with Crippen LogP contribution < -0.4 is 0 Å². The third-order valence-electron chi connectivity index (χ3n) is 11.9. The molecule has 0 amide bonds. The van der Waals surface area contributed by atoms with E-state index in [2.05, 4.69) is 45.1 Å². The summed E-state index contributed by atoms with van der Waals surface area (Å²) < 4.78 is 16.8. The number of allylic oxidation sites excluding steroid dienone is 4. The predicted octanol–water partition coefficient (Wildman–Crippen LogP) is 17.5. The highest BCUT2D eigenvalue weighted by molar-refractivity contribution is 5.71. The lowest BCUT2D eigenvalue weighted by Gasteiger charge is -2.18. The quantitative estimate of drug-likeness (QED) is 0.0262. The first-order chi connectivity index (χ1) is 30.0. The van der Waals surface area contributed by atoms with Crippen molar-refractivity contribution in [1.29, 1.82) is 0 Å². The fraction of sp³-hybridized carbons (Fsp3) is 0.873. The van der Waals surface area contributed by atoms with Crippen LogP contribution in [0.3, 0.4) is 0 Å². The maximum absolute atomic E-state index is 12.8. The lowest BCUT2D eigenvalue weighted by molar-refractivity contribution is -0.167. The Morgan fingerprint density at radius 2 is 0.541 bits per heavy atom. The molecule has 0 rings (SSSR count). The summed E-state index contributed by atoms with van der Waals surface area (Å²) in [5.74, 6) is -0.876. The minimum Gasteiger partial charge on any atom is -0.462 e. The van der Waals surface area contributed by atoms with Gasteiger partial charge in [-0.2, -0.15) is 0 Å². The van der Waals surface area contributed by atoms with Gasteiger partial charge in [0.15, 0.2) is 6.10 Å². The molecule has 6 nitrogen and oxygen atoms in total. The van der Waals surface area contributed by atoms with Crippen LogP contribution in [0, 0.1) is 0 Å². The van der Waals surface area contributed by atoms with Crippen molar-refractivity contribution in [2.75, 3.05) is 13.2 Å². The number of hydrogen-bond acceptors (Lipinski definition) is 6. The van der Waals surface area contributed by atoms with Gasteiger partial charge in [0, 0.05) is 19.3 Å². The number of carbonyl (C=O) groups is 3. The van der Waals surface area contributed by atoms with E-state index in [4.69, 9.17) is 14.2 Å². The van der Waals surface area contributed by atoms with Gasteiger partial charge in [0.25, 0.3) is 0 Å². The Morgan fingerprint density at radius 1 is 0.311 bits per heavy atom. The SMILES string of the molecule is CCCCCC/C=C\CCCCCCCC(=O)OCC(COC(=O)CCCCCCCCCCCCCCCCCC)OC(=O)CCCCCCC/C=C\CCCCCCC. The van der Waals surface area contributed by atoms with Crippen LogP contribution in [0.15, 0.2) is 24.3 Å². The summed E-state index contributed by atoms with van der Waals surface area (Å²) in [5.41, 5.74) is 0. The van der Waals surface area contributed by atoms with Crippen molar-refractivity contribution in [1.82, 2.24) is 0 Å². The Balaban J connectivity index is 4.35. The van der Waals surface area contributed by atoms with E-state index in [1.807, 2.05) is 0 Å². The minimum atomic E-state index is -0.774. The van der Waals surface area contributed by atoms with Crippen LogP contribution in [0.5, 0.6) is 0 Å². The van der Waals surface area contributed by atoms with E-state index in [1.165, 1.54) is 180 Å². The fourth-order valence-corrected chi connectivity index (χ4v) is 7.84. The van der Waals surface area contributed by atoms with Crippen molar-refractivity contribution in [3.05, 3.63) is 24.3 Å². The van der Waals surface area contributed by atoms with E-state index in [0.29, 0.717) is 19.3 Å². The van der Waals surface area contributed by atoms with E-state index in [9.17, 15) is 14.4 Å². The zero-order valence-corrected chi connectivity index (χ0v) is 40.9. The van der Waals surface area contributed by atoms with E-state index < -0.39 is 6.10 Å². The molecule has 0 saturated carbocycles. The van der Waals surface area contributed by atoms with Gasteiger partial charge in [0.05, 0.1) is 0 Å². The smallest absolute Gasteiger partial charge is 0.306 e. The lowest BCUT2D eigenvalue weighted by Crippen LogP contribution is -2.30. The second kappa shape index (κ2) is 50.5. The summed E-state index contributed by atoms with van der Waals surface area (Å²) in [6.07, 6.45) is 57.3. The molecule has 0 heterocycles. The van der Waals surface area contributed by atoms with Gasteiger partial charge in [0.2, 0.25) is 0 Å². The average molecular weight is 859 g/mol. The van der Waals surface area contributed by atoms with Gasteiger partial charge in [-0.3, -0.25) is 14.4 Å². The molecular weight excluding hydrogens is 757 g/mol. The Hall–Kier alpha value is -2.11. The van der Waals surface area contributed by atoms with E-state index >= 15 is 0 Å². The van der Waals surface area contributed by atoms with Crippen molar-refractivity contribution in [2.24, 2.45) is 0 Å². The fourth-order valence-electron chi connectivity index (χ4n) is 7.84. The molecule has 0 aliphatic carbocycles. The highest BCUT2D eigenvalue weighted by atomic mass is 16.6. The highest BCUT2D eigenvalue weighted by Gasteiger charge is 2.19. The monoisotopic (exact) mass is 859 g/mol. The predicted molar refractivity (Wildman–Crippen MR) is 261 cm³/mol. The molecule has 6 heteroatoms. The molecule has 0 aliphatic heterocycles. The number of ether oxygens (including phenoxy) is 3. The second-order valence-corrected chi connectivity index (χ2v) is 18.1. The average Bonchev–Trinajstić information content (AvgIpc) is 3.26. The summed E-state index contributed by atoms with van der Waals surface area (Å²) in [6, 6.07) is 0. The zero-order valence-electron chi connectivity index (χ0n) is 40.9. The molecule has 0 aromatic carbocycles. The van der Waals surface area contributed by atoms with Gasteiger partial charge in [-0.25, -0.2) is 0 Å². The first-order valence-electron chi connectivity index (χ1n) is 26.8. The molecule has 0 aromatic heterocycles. The van der Waals surface area contributed by atoms with Crippen LogP contribution in [0.1, 0.15) is 290 Å². The Kier molecular flexibility index (Phi) is 48.8. The molecule has 0 radical (unpaired) electrons. The molecule has 0 fully saturated rings. The second-order valence-electron chi connectivity index (χ2n) is 18.1. The molecular formula is C55H102O6. The summed E-state index contributed by atoms with van der Waals surface area (Å²) >= 11 is 0. The van der Waals surface area contributed by atoms with Gasteiger partial charge in [0.1, 0.15) is 13.2 Å². The molecule has 1 unspecified atom stereocenters. The Bertz CT molecular complexity index is 989. The summed E-state index contributed by atoms with van der Waals surface area (Å²) in [4.78, 5) is 38.0. The minimum absolute atomic E-state index is 0.0733. The molecule has 0 bridgehead atoms. The normalized spacial score (nSPS) is 12.1. The van der Waals surface area contributed by atoms with Gasteiger partial charge >= 0.3 is 17.9 Å². The number of hydrogen-bond donors (Lipinski definition) is 0. The maximum atomic E-state index is 12.8. The zero-order chi connectivity index (χ0) is 44.4. The van der Waals surface area contributed by atoms with Crippen molar-refractivity contribution >= 4 is 17.9 Å². The van der Waals surface area contributed by atoms with Crippen LogP contribution >= 0.6 is 0 Å². The van der Waals surface area contributed by atoms with Crippen LogP contribution in [0.4, 0.5) is 0 Å². The third kappa shape index (κ3) is 48.8. The molecule has 0 aliphatic rings. The molecule has 0 N–H and O–H groups in total. The van der Waals surface area contributed by atoms with Crippen LogP contribution in [-0.2, 0) is 28.6 Å². The highest BCUT2D eigenvalue weighted by Crippen LogP contribution is 2.16. The standard InChI is InChI=1S/C55H102O6/c1-4-7-10-13-16-19-22-25-27-28-31-33-36-39-42-45-48-54(57)60-51-52(50-59-53(56)47-44-41-38-35-32-29-24-21-18-15-12-9-6-3)61-55(58)49-46-43-40-37-34-30-26-23-20-17-14-11-8-5-2/h21,23-24,26,52H,4-20,22,25,27-51H2,1-3H3/b24-21-,26-23-. The largest absolute Gasteiger partial charge is 0.462 e. The summed E-state index contributed by atoms with van der Waals surface area (Å²) in [6.45, 7) is 6.63. The molecule has 358 valence electrons. The van der Waals surface area contributed by atoms with Gasteiger partial charge < -0.3 is 14.2 Å². The van der Waals surface area contributed by atoms with E-state index in [-0.39, 0.29) is 31.1 Å². The lowest BCUT2D eigenvalue weighted by atomic mass is 10.0. The molecule has 0 saturated heterocycles. The molecule has 0 spiro atoms. The maximum Gasteiger partial charge on any atom is 0.306 e. The van der Waals surface area contributed by atoms with Gasteiger partial charge in [-0.05, 0) is 70.6 Å². The van der Waals surface area contributed by atoms with Crippen molar-refractivity contribution < 1.29 is 28.6 Å². The summed E-state index contributed by atoms with van der Waals surface area (Å²) in [7, 11) is 0. The first kappa shape index (κ1) is 58.9. The number of unbranched alkanes of at least 4 members (excludes halogenated alkanes) is 34. The number of esters is 3. The third-order valence-corrected chi connectivity index (χ3v) is 11.9. The van der Waals surface area contributed by atoms with Gasteiger partial charge in [-0.15, -0.1) is 0 Å². The Labute approximate surface area is 379 Å². The van der Waals surface area contributed by atoms with Crippen LogP contribution in [0.2, 0.25) is 0 Å². The first-order valence-corrected chi connectivity index (χ1v) is 26.8. The van der Waals surface area contributed by atoms with Crippen molar-refractivity contribution in [3.63, 3.8) is 0 Å². The molecule has 61 heavy (non-hydrogen) atoms. The molecule has 1 atom stereocenters. The van der Waals surface area contributed by atoms with E-state index in [0.717, 1.165) is 70.6 Å². The van der Waals surface area contributed by atoms with Crippen LogP contribution in [0.25, 0.3) is 0 Å². The number of rotatable bonds is 49. The molecule has 0 aromatic rings. The van der Waals surface area contributed by atoms with E-state index in [1.54, 1.807) is 0 Å². The van der Waals surface area contributed by atoms with Gasteiger partial charge in [-0.1, -0.05) is 225 Å². The summed E-state index contributed by atoms with van der Waals surface area (Å²) in [5, 5.41) is 0. The number of carbonyl (C=O) groups excluding carboxylic acids is 3. The topological polar surface area (TPSA) is 78.9 Å². The Morgan fingerprint density at radius 3 is 0.836 bits per heavy atom. The van der Waals surface area contributed by atoms with Crippen molar-refractivity contribution in [2.45, 2.75) is 297 Å². The van der Waals surface area contributed by atoms with Crippen LogP contribution in [-0.4, -0.2) is 37.2 Å². The van der Waals surface area contributed by atoms with Crippen molar-refractivity contribution in [3.8, 4) is 0 Å².